The largest absolute Gasteiger partial charge is 0.412 e. The van der Waals surface area contributed by atoms with E-state index in [4.69, 9.17) is 4.55 Å². The topological polar surface area (TPSA) is 85.9 Å². The van der Waals surface area contributed by atoms with Gasteiger partial charge in [-0.15, -0.1) is 11.3 Å². The summed E-state index contributed by atoms with van der Waals surface area (Å²) in [6.45, 7) is 0. The summed E-state index contributed by atoms with van der Waals surface area (Å²) in [5.74, 6) is 0. The second-order valence-corrected chi connectivity index (χ2v) is 4.00. The van der Waals surface area contributed by atoms with Crippen molar-refractivity contribution in [3.63, 3.8) is 0 Å². The molecule has 0 aliphatic rings. The van der Waals surface area contributed by atoms with Gasteiger partial charge in [-0.2, -0.15) is 8.42 Å². The molecule has 1 heterocycles. The van der Waals surface area contributed by atoms with Gasteiger partial charge in [-0.25, -0.2) is 0 Å². The Labute approximate surface area is 90.6 Å². The molecule has 0 fully saturated rings. The van der Waals surface area contributed by atoms with Crippen molar-refractivity contribution in [3.8, 4) is 0 Å². The van der Waals surface area contributed by atoms with Crippen LogP contribution < -0.4 is 0 Å². The Morgan fingerprint density at radius 3 is 2.18 bits per heavy atom. The third-order valence-corrected chi connectivity index (χ3v) is 2.98. The number of rotatable bonds is 1. The standard InChI is InChI=1S/C4H4O3S2.Na.H2O/c5-9(6,7)4-2-1-3-8-4;;/h1-3H,(H,5,6,7);;1H2. The minimum atomic E-state index is -3.94. The predicted octanol–water partition coefficient (Wildman–Crippen LogP) is -0.211. The van der Waals surface area contributed by atoms with E-state index in [1.165, 1.54) is 6.07 Å². The molecular formula is C4H6NaO4S2. The Kier molecular flexibility index (Phi) is 6.75. The van der Waals surface area contributed by atoms with Crippen molar-refractivity contribution in [1.82, 2.24) is 0 Å². The van der Waals surface area contributed by atoms with E-state index in [-0.39, 0.29) is 39.2 Å². The van der Waals surface area contributed by atoms with Gasteiger partial charge in [-0.1, -0.05) is 6.07 Å². The zero-order chi connectivity index (χ0) is 6.91. The van der Waals surface area contributed by atoms with Gasteiger partial charge >= 0.3 is 10.1 Å². The van der Waals surface area contributed by atoms with E-state index in [2.05, 4.69) is 0 Å². The van der Waals surface area contributed by atoms with E-state index in [1.54, 1.807) is 11.4 Å². The summed E-state index contributed by atoms with van der Waals surface area (Å²) in [6, 6.07) is 2.91. The molecule has 0 aliphatic heterocycles. The van der Waals surface area contributed by atoms with Gasteiger partial charge in [0.1, 0.15) is 4.21 Å². The first-order chi connectivity index (χ1) is 4.11. The molecule has 0 aromatic carbocycles. The maximum atomic E-state index is 10.3. The van der Waals surface area contributed by atoms with E-state index in [1.807, 2.05) is 0 Å². The second kappa shape index (κ2) is 5.26. The molecule has 1 aromatic rings. The van der Waals surface area contributed by atoms with Crippen molar-refractivity contribution in [3.05, 3.63) is 17.5 Å². The maximum absolute atomic E-state index is 10.3. The van der Waals surface area contributed by atoms with Crippen molar-refractivity contribution < 1.29 is 18.4 Å². The average molecular weight is 205 g/mol. The summed E-state index contributed by atoms with van der Waals surface area (Å²) in [5.41, 5.74) is 0. The first-order valence-corrected chi connectivity index (χ1v) is 4.43. The molecule has 11 heavy (non-hydrogen) atoms. The average Bonchev–Trinajstić information content (AvgIpc) is 2.08. The van der Waals surface area contributed by atoms with Crippen LogP contribution in [0.2, 0.25) is 0 Å². The molecule has 0 amide bonds. The van der Waals surface area contributed by atoms with Crippen molar-refractivity contribution >= 4 is 51.0 Å². The van der Waals surface area contributed by atoms with Crippen LogP contribution in [0, 0.1) is 0 Å². The molecule has 4 nitrogen and oxygen atoms in total. The molecule has 0 saturated heterocycles. The van der Waals surface area contributed by atoms with Crippen LogP contribution in [0.1, 0.15) is 0 Å². The van der Waals surface area contributed by atoms with Gasteiger partial charge in [0.05, 0.1) is 0 Å². The first kappa shape index (κ1) is 14.1. The summed E-state index contributed by atoms with van der Waals surface area (Å²) < 4.78 is 28.9. The molecular weight excluding hydrogens is 199 g/mol. The number of hydrogen-bond donors (Lipinski definition) is 1. The molecule has 0 saturated carbocycles. The van der Waals surface area contributed by atoms with Crippen molar-refractivity contribution in [2.45, 2.75) is 4.21 Å². The molecule has 7 heteroatoms. The van der Waals surface area contributed by atoms with Crippen LogP contribution in [-0.2, 0) is 10.1 Å². The zero-order valence-electron chi connectivity index (χ0n) is 5.81. The molecule has 0 unspecified atom stereocenters. The Balaban J connectivity index is 0. The number of thiophene rings is 1. The molecule has 0 spiro atoms. The molecule has 0 bridgehead atoms. The van der Waals surface area contributed by atoms with E-state index in [0.29, 0.717) is 0 Å². The Bertz CT molecular complexity index is 277. The minimum absolute atomic E-state index is 0. The zero-order valence-corrected chi connectivity index (χ0v) is 9.45. The van der Waals surface area contributed by atoms with Gasteiger partial charge in [0.2, 0.25) is 0 Å². The van der Waals surface area contributed by atoms with Crippen LogP contribution in [0.25, 0.3) is 0 Å². The van der Waals surface area contributed by atoms with Crippen molar-refractivity contribution in [1.29, 1.82) is 0 Å². The molecule has 3 N–H and O–H groups in total. The molecule has 1 rings (SSSR count). The van der Waals surface area contributed by atoms with Crippen LogP contribution in [0.15, 0.2) is 21.7 Å². The van der Waals surface area contributed by atoms with Crippen molar-refractivity contribution in [2.75, 3.05) is 0 Å². The van der Waals surface area contributed by atoms with Crippen LogP contribution in [0.3, 0.4) is 0 Å². The number of hydrogen-bond acceptors (Lipinski definition) is 3. The quantitative estimate of drug-likeness (QED) is 0.508. The summed E-state index contributed by atoms with van der Waals surface area (Å²) in [4.78, 5) is 0. The molecule has 1 radical (unpaired) electrons. The van der Waals surface area contributed by atoms with E-state index >= 15 is 0 Å². The van der Waals surface area contributed by atoms with E-state index < -0.39 is 10.1 Å². The predicted molar refractivity (Wildman–Crippen MR) is 43.5 cm³/mol. The molecule has 1 aromatic heterocycles. The SMILES string of the molecule is O.O=S(=O)(O)c1cccs1.[Na]. The van der Waals surface area contributed by atoms with Gasteiger partial charge in [-0.05, 0) is 11.4 Å². The van der Waals surface area contributed by atoms with E-state index in [9.17, 15) is 8.42 Å². The van der Waals surface area contributed by atoms with Crippen LogP contribution >= 0.6 is 11.3 Å². The first-order valence-electron chi connectivity index (χ1n) is 2.12. The summed E-state index contributed by atoms with van der Waals surface area (Å²) >= 11 is 0.992. The summed E-state index contributed by atoms with van der Waals surface area (Å²) in [6.07, 6.45) is 0. The fourth-order valence-electron chi connectivity index (χ4n) is 0.410. The Morgan fingerprint density at radius 2 is 2.00 bits per heavy atom. The van der Waals surface area contributed by atoms with Crippen LogP contribution in [0.4, 0.5) is 0 Å². The normalized spacial score (nSPS) is 9.55. The Hall–Kier alpha value is 0.570. The van der Waals surface area contributed by atoms with Gasteiger partial charge in [-0.3, -0.25) is 4.55 Å². The van der Waals surface area contributed by atoms with Gasteiger partial charge in [0.25, 0.3) is 0 Å². The van der Waals surface area contributed by atoms with Crippen LogP contribution in [-0.4, -0.2) is 48.0 Å². The third-order valence-electron chi connectivity index (χ3n) is 0.749. The monoisotopic (exact) mass is 205 g/mol. The second-order valence-electron chi connectivity index (χ2n) is 1.41. The minimum Gasteiger partial charge on any atom is -0.412 e. The molecule has 59 valence electrons. The van der Waals surface area contributed by atoms with Gasteiger partial charge < -0.3 is 5.48 Å². The maximum Gasteiger partial charge on any atom is 0.304 e. The molecule has 0 aliphatic carbocycles. The Morgan fingerprint density at radius 1 is 1.45 bits per heavy atom. The van der Waals surface area contributed by atoms with Crippen LogP contribution in [0.5, 0.6) is 0 Å². The summed E-state index contributed by atoms with van der Waals surface area (Å²) in [7, 11) is -3.94. The fourth-order valence-corrected chi connectivity index (χ4v) is 1.76. The molecule has 0 atom stereocenters. The third kappa shape index (κ3) is 4.22. The smallest absolute Gasteiger partial charge is 0.304 e. The van der Waals surface area contributed by atoms with Gasteiger partial charge in [0, 0.05) is 29.6 Å². The fraction of sp³-hybridized carbons (Fsp3) is 0. The van der Waals surface area contributed by atoms with E-state index in [0.717, 1.165) is 11.3 Å². The van der Waals surface area contributed by atoms with Crippen molar-refractivity contribution in [2.24, 2.45) is 0 Å². The van der Waals surface area contributed by atoms with Gasteiger partial charge in [0.15, 0.2) is 0 Å². The summed E-state index contributed by atoms with van der Waals surface area (Å²) in [5, 5.41) is 1.59.